The maximum Gasteiger partial charge on any atom is 0.260 e. The number of aromatic nitrogens is 3. The second kappa shape index (κ2) is 4.83. The molecule has 0 saturated carbocycles. The largest absolute Gasteiger partial charge is 0.362 e. The molecule has 114 valence electrons. The molecule has 0 spiro atoms. The minimum Gasteiger partial charge on any atom is -0.362 e. The summed E-state index contributed by atoms with van der Waals surface area (Å²) < 4.78 is 10.6. The minimum absolute atomic E-state index is 0.233. The Labute approximate surface area is 128 Å². The smallest absolute Gasteiger partial charge is 0.260 e. The van der Waals surface area contributed by atoms with Gasteiger partial charge in [0.15, 0.2) is 0 Å². The number of nitrogens with zero attached hydrogens (tertiary/aromatic N) is 4. The van der Waals surface area contributed by atoms with Crippen LogP contribution in [0.5, 0.6) is 0 Å². The highest BCUT2D eigenvalue weighted by Crippen LogP contribution is 2.40. The van der Waals surface area contributed by atoms with Gasteiger partial charge in [-0.3, -0.25) is 0 Å². The molecule has 3 aromatic rings. The van der Waals surface area contributed by atoms with Crippen LogP contribution in [0, 0.1) is 20.8 Å². The molecular weight excluding hydrogens is 280 g/mol. The lowest BCUT2D eigenvalue weighted by Crippen LogP contribution is -2.23. The van der Waals surface area contributed by atoms with Crippen molar-refractivity contribution < 1.29 is 9.05 Å². The van der Waals surface area contributed by atoms with Gasteiger partial charge in [0.05, 0.1) is 22.8 Å². The van der Waals surface area contributed by atoms with E-state index in [1.165, 1.54) is 0 Å². The van der Waals surface area contributed by atoms with Crippen molar-refractivity contribution >= 4 is 16.8 Å². The van der Waals surface area contributed by atoms with Crippen molar-refractivity contribution in [1.29, 1.82) is 0 Å². The van der Waals surface area contributed by atoms with Crippen LogP contribution < -0.4 is 4.90 Å². The second-order valence-corrected chi connectivity index (χ2v) is 5.94. The Bertz CT molecular complexity index is 836. The van der Waals surface area contributed by atoms with Crippen molar-refractivity contribution in [1.82, 2.24) is 15.3 Å². The maximum atomic E-state index is 5.35. The van der Waals surface area contributed by atoms with E-state index in [9.17, 15) is 0 Å². The van der Waals surface area contributed by atoms with Crippen LogP contribution in [0.25, 0.3) is 11.1 Å². The molecule has 1 aliphatic rings. The molecule has 4 rings (SSSR count). The van der Waals surface area contributed by atoms with E-state index in [0.717, 1.165) is 53.3 Å². The normalized spacial score (nSPS) is 18.5. The summed E-state index contributed by atoms with van der Waals surface area (Å²) in [6.45, 7) is 6.85. The molecule has 6 nitrogen and oxygen atoms in total. The fourth-order valence-electron chi connectivity index (χ4n) is 3.32. The molecule has 0 bridgehead atoms. The number of hydrogen-bond acceptors (Lipinski definition) is 6. The van der Waals surface area contributed by atoms with Gasteiger partial charge in [-0.2, -0.15) is 0 Å². The highest BCUT2D eigenvalue weighted by atomic mass is 16.5. The molecule has 1 aliphatic heterocycles. The summed E-state index contributed by atoms with van der Waals surface area (Å²) in [5, 5.41) is 9.29. The van der Waals surface area contributed by atoms with Gasteiger partial charge in [-0.25, -0.2) is 4.98 Å². The Hall–Kier alpha value is -2.37. The topological polar surface area (TPSA) is 68.2 Å². The average molecular weight is 298 g/mol. The van der Waals surface area contributed by atoms with Gasteiger partial charge in [-0.05, 0) is 39.7 Å². The summed E-state index contributed by atoms with van der Waals surface area (Å²) >= 11 is 0. The first-order valence-electron chi connectivity index (χ1n) is 7.57. The lowest BCUT2D eigenvalue weighted by molar-refractivity contribution is 0.385. The van der Waals surface area contributed by atoms with Crippen molar-refractivity contribution in [3.8, 4) is 0 Å². The Balaban J connectivity index is 1.85. The van der Waals surface area contributed by atoms with E-state index >= 15 is 0 Å². The number of rotatable bonds is 2. The molecule has 0 amide bonds. The number of anilines is 1. The van der Waals surface area contributed by atoms with E-state index in [2.05, 4.69) is 26.3 Å². The van der Waals surface area contributed by atoms with Crippen LogP contribution in [-0.2, 0) is 0 Å². The van der Waals surface area contributed by atoms with Crippen molar-refractivity contribution in [3.05, 3.63) is 35.0 Å². The Morgan fingerprint density at radius 2 is 2.00 bits per heavy atom. The third kappa shape index (κ3) is 1.98. The molecular formula is C16H18N4O2. The molecule has 3 aromatic heterocycles. The predicted molar refractivity (Wildman–Crippen MR) is 81.8 cm³/mol. The van der Waals surface area contributed by atoms with Crippen LogP contribution in [0.15, 0.2) is 21.2 Å². The molecule has 0 N–H and O–H groups in total. The standard InChI is InChI=1S/C16H18N4O2/c1-9-7-14(15-11(3)18-22-16(15)17-9)20-6-4-5-13(20)12-8-10(2)21-19-12/h7-8,13H,4-6H2,1-3H3. The monoisotopic (exact) mass is 298 g/mol. The second-order valence-electron chi connectivity index (χ2n) is 5.94. The van der Waals surface area contributed by atoms with Gasteiger partial charge in [-0.15, -0.1) is 0 Å². The predicted octanol–water partition coefficient (Wildman–Crippen LogP) is 3.48. The van der Waals surface area contributed by atoms with Crippen LogP contribution in [-0.4, -0.2) is 21.8 Å². The first-order valence-corrected chi connectivity index (χ1v) is 7.57. The molecule has 1 atom stereocenters. The Morgan fingerprint density at radius 1 is 1.14 bits per heavy atom. The van der Waals surface area contributed by atoms with Gasteiger partial charge < -0.3 is 13.9 Å². The molecule has 0 radical (unpaired) electrons. The van der Waals surface area contributed by atoms with Gasteiger partial charge in [0.2, 0.25) is 0 Å². The van der Waals surface area contributed by atoms with Crippen molar-refractivity contribution in [3.63, 3.8) is 0 Å². The SMILES string of the molecule is Cc1cc(N2CCCC2c2cc(C)on2)c2c(C)noc2n1. The summed E-state index contributed by atoms with van der Waals surface area (Å²) in [6.07, 6.45) is 2.20. The first-order chi connectivity index (χ1) is 10.6. The van der Waals surface area contributed by atoms with Crippen molar-refractivity contribution in [2.45, 2.75) is 39.7 Å². The van der Waals surface area contributed by atoms with Crippen molar-refractivity contribution in [2.75, 3.05) is 11.4 Å². The lowest BCUT2D eigenvalue weighted by Gasteiger charge is -2.26. The Morgan fingerprint density at radius 3 is 2.77 bits per heavy atom. The fraction of sp³-hybridized carbons (Fsp3) is 0.438. The summed E-state index contributed by atoms with van der Waals surface area (Å²) in [4.78, 5) is 6.81. The van der Waals surface area contributed by atoms with Gasteiger partial charge >= 0.3 is 0 Å². The van der Waals surface area contributed by atoms with E-state index in [-0.39, 0.29) is 6.04 Å². The molecule has 0 aromatic carbocycles. The van der Waals surface area contributed by atoms with Gasteiger partial charge in [0.1, 0.15) is 11.5 Å². The summed E-state index contributed by atoms with van der Waals surface area (Å²) in [5.41, 5.74) is 4.53. The van der Waals surface area contributed by atoms with Crippen LogP contribution >= 0.6 is 0 Å². The zero-order valence-electron chi connectivity index (χ0n) is 13.0. The van der Waals surface area contributed by atoms with Crippen LogP contribution in [0.3, 0.4) is 0 Å². The molecule has 22 heavy (non-hydrogen) atoms. The highest BCUT2D eigenvalue weighted by molar-refractivity contribution is 5.91. The molecule has 1 saturated heterocycles. The van der Waals surface area contributed by atoms with Gasteiger partial charge in [0, 0.05) is 18.3 Å². The maximum absolute atomic E-state index is 5.35. The average Bonchev–Trinajstić information content (AvgIpc) is 3.18. The molecule has 1 unspecified atom stereocenters. The van der Waals surface area contributed by atoms with E-state index in [1.54, 1.807) is 0 Å². The van der Waals surface area contributed by atoms with Crippen LogP contribution in [0.1, 0.15) is 41.7 Å². The van der Waals surface area contributed by atoms with Crippen LogP contribution in [0.2, 0.25) is 0 Å². The minimum atomic E-state index is 0.233. The molecule has 0 aliphatic carbocycles. The third-order valence-electron chi connectivity index (χ3n) is 4.27. The molecule has 1 fully saturated rings. The van der Waals surface area contributed by atoms with Gasteiger partial charge in [0.25, 0.3) is 5.71 Å². The zero-order chi connectivity index (χ0) is 15.3. The highest BCUT2D eigenvalue weighted by Gasteiger charge is 2.31. The zero-order valence-corrected chi connectivity index (χ0v) is 13.0. The Kier molecular flexibility index (Phi) is 2.92. The number of hydrogen-bond donors (Lipinski definition) is 0. The summed E-state index contributed by atoms with van der Waals surface area (Å²) in [6, 6.07) is 4.36. The lowest BCUT2D eigenvalue weighted by atomic mass is 10.1. The van der Waals surface area contributed by atoms with E-state index < -0.39 is 0 Å². The molecule has 4 heterocycles. The number of aryl methyl sites for hydroxylation is 3. The summed E-state index contributed by atoms with van der Waals surface area (Å²) in [5.74, 6) is 0.846. The number of pyridine rings is 1. The third-order valence-corrected chi connectivity index (χ3v) is 4.27. The van der Waals surface area contributed by atoms with E-state index in [0.29, 0.717) is 5.71 Å². The quantitative estimate of drug-likeness (QED) is 0.721. The molecule has 6 heteroatoms. The number of fused-ring (bicyclic) bond motifs is 1. The summed E-state index contributed by atoms with van der Waals surface area (Å²) in [7, 11) is 0. The van der Waals surface area contributed by atoms with Crippen molar-refractivity contribution in [2.24, 2.45) is 0 Å². The van der Waals surface area contributed by atoms with E-state index in [4.69, 9.17) is 9.05 Å². The fourth-order valence-corrected chi connectivity index (χ4v) is 3.32. The van der Waals surface area contributed by atoms with Crippen LogP contribution in [0.4, 0.5) is 5.69 Å². The first kappa shape index (κ1) is 13.3. The van der Waals surface area contributed by atoms with E-state index in [1.807, 2.05) is 26.8 Å². The van der Waals surface area contributed by atoms with Gasteiger partial charge in [-0.1, -0.05) is 10.3 Å².